The quantitative estimate of drug-likeness (QED) is 0.882. The average molecular weight is 258 g/mol. The number of nitrogens with two attached hydrogens (primary N) is 1. The fourth-order valence-corrected chi connectivity index (χ4v) is 1.96. The van der Waals surface area contributed by atoms with Crippen LogP contribution < -0.4 is 5.73 Å². The molecular weight excluding hydrogens is 240 g/mol. The van der Waals surface area contributed by atoms with Crippen molar-refractivity contribution in [1.29, 1.82) is 0 Å². The van der Waals surface area contributed by atoms with Crippen LogP contribution in [0.25, 0.3) is 0 Å². The van der Waals surface area contributed by atoms with E-state index in [0.717, 1.165) is 16.7 Å². The van der Waals surface area contributed by atoms with Gasteiger partial charge in [0.05, 0.1) is 6.61 Å². The highest BCUT2D eigenvalue weighted by atomic mass is 16.5. The summed E-state index contributed by atoms with van der Waals surface area (Å²) in [5.74, 6) is 0.360. The molecule has 0 fully saturated rings. The van der Waals surface area contributed by atoms with Gasteiger partial charge in [0, 0.05) is 18.9 Å². The molecule has 19 heavy (non-hydrogen) atoms. The summed E-state index contributed by atoms with van der Waals surface area (Å²) in [7, 11) is 1.65. The minimum atomic E-state index is -0.760. The second kappa shape index (κ2) is 5.82. The SMILES string of the molecule is COCc1ccc(C(O)c2cc(C)cnc2N)cc1. The van der Waals surface area contributed by atoms with Crippen LogP contribution in [-0.4, -0.2) is 17.2 Å². The van der Waals surface area contributed by atoms with Crippen LogP contribution >= 0.6 is 0 Å². The first-order chi connectivity index (χ1) is 9.11. The van der Waals surface area contributed by atoms with Gasteiger partial charge in [-0.25, -0.2) is 4.98 Å². The largest absolute Gasteiger partial charge is 0.384 e. The summed E-state index contributed by atoms with van der Waals surface area (Å²) in [5.41, 5.74) is 9.28. The number of anilines is 1. The lowest BCUT2D eigenvalue weighted by Gasteiger charge is -2.14. The monoisotopic (exact) mass is 258 g/mol. The van der Waals surface area contributed by atoms with Crippen LogP contribution in [-0.2, 0) is 11.3 Å². The van der Waals surface area contributed by atoms with E-state index in [1.165, 1.54) is 0 Å². The van der Waals surface area contributed by atoms with Crippen LogP contribution in [0.3, 0.4) is 0 Å². The Hall–Kier alpha value is -1.91. The Morgan fingerprint density at radius 2 is 2.00 bits per heavy atom. The van der Waals surface area contributed by atoms with Crippen molar-refractivity contribution >= 4 is 5.82 Å². The Kier molecular flexibility index (Phi) is 4.14. The summed E-state index contributed by atoms with van der Waals surface area (Å²) >= 11 is 0. The number of benzene rings is 1. The molecule has 0 saturated carbocycles. The number of aliphatic hydroxyl groups excluding tert-OH is 1. The van der Waals surface area contributed by atoms with Gasteiger partial charge < -0.3 is 15.6 Å². The van der Waals surface area contributed by atoms with Crippen molar-refractivity contribution in [2.24, 2.45) is 0 Å². The lowest BCUT2D eigenvalue weighted by Crippen LogP contribution is -2.06. The van der Waals surface area contributed by atoms with Gasteiger partial charge in [-0.3, -0.25) is 0 Å². The number of ether oxygens (including phenoxy) is 1. The van der Waals surface area contributed by atoms with Gasteiger partial charge in [0.1, 0.15) is 11.9 Å². The molecule has 0 saturated heterocycles. The van der Waals surface area contributed by atoms with E-state index in [4.69, 9.17) is 10.5 Å². The van der Waals surface area contributed by atoms with Crippen molar-refractivity contribution in [1.82, 2.24) is 4.98 Å². The molecule has 1 atom stereocenters. The zero-order chi connectivity index (χ0) is 13.8. The van der Waals surface area contributed by atoms with E-state index in [1.807, 2.05) is 37.3 Å². The highest BCUT2D eigenvalue weighted by Crippen LogP contribution is 2.26. The molecule has 1 aromatic heterocycles. The molecule has 0 aliphatic rings. The number of nitrogen functional groups attached to an aromatic ring is 1. The lowest BCUT2D eigenvalue weighted by molar-refractivity contribution is 0.184. The van der Waals surface area contributed by atoms with E-state index in [0.29, 0.717) is 18.0 Å². The van der Waals surface area contributed by atoms with Crippen LogP contribution in [0, 0.1) is 6.92 Å². The van der Waals surface area contributed by atoms with Gasteiger partial charge in [0.25, 0.3) is 0 Å². The molecule has 0 radical (unpaired) electrons. The van der Waals surface area contributed by atoms with Crippen LogP contribution in [0.2, 0.25) is 0 Å². The third-order valence-electron chi connectivity index (χ3n) is 2.99. The molecule has 0 amide bonds. The van der Waals surface area contributed by atoms with Crippen molar-refractivity contribution < 1.29 is 9.84 Å². The van der Waals surface area contributed by atoms with Crippen molar-refractivity contribution in [2.45, 2.75) is 19.6 Å². The number of rotatable bonds is 4. The van der Waals surface area contributed by atoms with Gasteiger partial charge in [-0.05, 0) is 29.7 Å². The molecule has 0 bridgehead atoms. The minimum Gasteiger partial charge on any atom is -0.384 e. The van der Waals surface area contributed by atoms with Gasteiger partial charge >= 0.3 is 0 Å². The number of aryl methyl sites for hydroxylation is 1. The molecule has 1 heterocycles. The number of hydrogen-bond acceptors (Lipinski definition) is 4. The molecule has 2 rings (SSSR count). The Labute approximate surface area is 112 Å². The first-order valence-corrected chi connectivity index (χ1v) is 6.09. The van der Waals surface area contributed by atoms with E-state index in [2.05, 4.69) is 4.98 Å². The van der Waals surface area contributed by atoms with Crippen LogP contribution in [0.15, 0.2) is 36.5 Å². The van der Waals surface area contributed by atoms with E-state index in [1.54, 1.807) is 13.3 Å². The van der Waals surface area contributed by atoms with Crippen molar-refractivity contribution in [3.63, 3.8) is 0 Å². The smallest absolute Gasteiger partial charge is 0.129 e. The van der Waals surface area contributed by atoms with Gasteiger partial charge in [0.2, 0.25) is 0 Å². The molecule has 2 aromatic rings. The molecule has 0 aliphatic heterocycles. The fraction of sp³-hybridized carbons (Fsp3) is 0.267. The first kappa shape index (κ1) is 13.5. The summed E-state index contributed by atoms with van der Waals surface area (Å²) in [6, 6.07) is 9.47. The number of aromatic nitrogens is 1. The van der Waals surface area contributed by atoms with Crippen LogP contribution in [0.5, 0.6) is 0 Å². The van der Waals surface area contributed by atoms with E-state index < -0.39 is 6.10 Å². The molecule has 1 aromatic carbocycles. The standard InChI is InChI=1S/C15H18N2O2/c1-10-7-13(15(16)17-8-10)14(18)12-5-3-11(4-6-12)9-19-2/h3-8,14,18H,9H2,1-2H3,(H2,16,17). The van der Waals surface area contributed by atoms with Crippen LogP contribution in [0.4, 0.5) is 5.82 Å². The molecule has 3 N–H and O–H groups in total. The zero-order valence-electron chi connectivity index (χ0n) is 11.1. The Bertz CT molecular complexity index is 553. The maximum Gasteiger partial charge on any atom is 0.129 e. The third kappa shape index (κ3) is 3.10. The fourth-order valence-electron chi connectivity index (χ4n) is 1.96. The molecule has 100 valence electrons. The number of pyridine rings is 1. The second-order valence-electron chi connectivity index (χ2n) is 4.56. The normalized spacial score (nSPS) is 12.4. The second-order valence-corrected chi connectivity index (χ2v) is 4.56. The van der Waals surface area contributed by atoms with Crippen molar-refractivity contribution in [2.75, 3.05) is 12.8 Å². The minimum absolute atomic E-state index is 0.360. The van der Waals surface area contributed by atoms with Gasteiger partial charge in [-0.15, -0.1) is 0 Å². The predicted molar refractivity (Wildman–Crippen MR) is 74.6 cm³/mol. The molecule has 1 unspecified atom stereocenters. The highest BCUT2D eigenvalue weighted by molar-refractivity contribution is 5.46. The average Bonchev–Trinajstić information content (AvgIpc) is 2.42. The third-order valence-corrected chi connectivity index (χ3v) is 2.99. The molecule has 0 aliphatic carbocycles. The molecule has 0 spiro atoms. The zero-order valence-corrected chi connectivity index (χ0v) is 11.1. The summed E-state index contributed by atoms with van der Waals surface area (Å²) in [6.45, 7) is 2.48. The number of hydrogen-bond donors (Lipinski definition) is 2. The van der Waals surface area contributed by atoms with Crippen LogP contribution in [0.1, 0.15) is 28.4 Å². The number of aliphatic hydroxyl groups is 1. The topological polar surface area (TPSA) is 68.4 Å². The van der Waals surface area contributed by atoms with Gasteiger partial charge in [0.15, 0.2) is 0 Å². The maximum absolute atomic E-state index is 10.4. The summed E-state index contributed by atoms with van der Waals surface area (Å²) in [6.07, 6.45) is 0.928. The maximum atomic E-state index is 10.4. The van der Waals surface area contributed by atoms with Gasteiger partial charge in [-0.2, -0.15) is 0 Å². The summed E-state index contributed by atoms with van der Waals surface area (Å²) < 4.78 is 5.06. The Morgan fingerprint density at radius 3 is 2.63 bits per heavy atom. The highest BCUT2D eigenvalue weighted by Gasteiger charge is 2.14. The van der Waals surface area contributed by atoms with Crippen molar-refractivity contribution in [3.05, 3.63) is 58.8 Å². The molecule has 4 nitrogen and oxygen atoms in total. The molecule has 4 heteroatoms. The van der Waals surface area contributed by atoms with E-state index in [-0.39, 0.29) is 0 Å². The van der Waals surface area contributed by atoms with Crippen molar-refractivity contribution in [3.8, 4) is 0 Å². The molecular formula is C15H18N2O2. The van der Waals surface area contributed by atoms with Gasteiger partial charge in [-0.1, -0.05) is 24.3 Å². The lowest BCUT2D eigenvalue weighted by atomic mass is 10.00. The first-order valence-electron chi connectivity index (χ1n) is 6.09. The Balaban J connectivity index is 2.27. The summed E-state index contributed by atoms with van der Waals surface area (Å²) in [4.78, 5) is 4.07. The number of nitrogens with zero attached hydrogens (tertiary/aromatic N) is 1. The number of methoxy groups -OCH3 is 1. The van der Waals surface area contributed by atoms with E-state index >= 15 is 0 Å². The predicted octanol–water partition coefficient (Wildman–Crippen LogP) is 2.20. The Morgan fingerprint density at radius 1 is 1.32 bits per heavy atom. The van der Waals surface area contributed by atoms with E-state index in [9.17, 15) is 5.11 Å². The summed E-state index contributed by atoms with van der Waals surface area (Å²) in [5, 5.41) is 10.4.